The summed E-state index contributed by atoms with van der Waals surface area (Å²) in [5.74, 6) is -0.645. The van der Waals surface area contributed by atoms with Crippen LogP contribution in [0.3, 0.4) is 0 Å². The Morgan fingerprint density at radius 2 is 1.64 bits per heavy atom. The number of esters is 3. The highest BCUT2D eigenvalue weighted by Crippen LogP contribution is 2.62. The molecule has 39 heavy (non-hydrogen) atoms. The van der Waals surface area contributed by atoms with Gasteiger partial charge in [0.05, 0.1) is 7.11 Å². The summed E-state index contributed by atoms with van der Waals surface area (Å²) in [4.78, 5) is 40.6. The van der Waals surface area contributed by atoms with Gasteiger partial charge in [0, 0.05) is 37.6 Å². The van der Waals surface area contributed by atoms with Crippen LogP contribution in [0, 0.1) is 23.7 Å². The van der Waals surface area contributed by atoms with Crippen molar-refractivity contribution in [3.8, 4) is 11.5 Å². The van der Waals surface area contributed by atoms with E-state index >= 15 is 0 Å². The first-order valence-corrected chi connectivity index (χ1v) is 14.3. The van der Waals surface area contributed by atoms with Crippen LogP contribution in [0.5, 0.6) is 11.5 Å². The topological polar surface area (TPSA) is 112 Å². The van der Waals surface area contributed by atoms with E-state index < -0.39 is 24.3 Å². The number of ether oxygens (including phenoxy) is 4. The molecular weight excluding hydrogens is 502 g/mol. The van der Waals surface area contributed by atoms with Crippen LogP contribution in [0.1, 0.15) is 64.9 Å². The number of phenols is 1. The molecule has 1 N–H and O–H groups in total. The van der Waals surface area contributed by atoms with Crippen LogP contribution < -0.4 is 4.74 Å². The van der Waals surface area contributed by atoms with Crippen molar-refractivity contribution in [2.75, 3.05) is 20.2 Å². The molecule has 0 aromatic heterocycles. The first-order valence-electron chi connectivity index (χ1n) is 14.3. The van der Waals surface area contributed by atoms with Crippen molar-refractivity contribution in [2.45, 2.75) is 89.6 Å². The van der Waals surface area contributed by atoms with E-state index in [9.17, 15) is 19.5 Å². The highest BCUT2D eigenvalue weighted by molar-refractivity contribution is 5.70. The van der Waals surface area contributed by atoms with E-state index in [0.717, 1.165) is 50.8 Å². The molecule has 9 heteroatoms. The lowest BCUT2D eigenvalue weighted by atomic mass is 9.46. The molecule has 2 aliphatic carbocycles. The SMILES string of the molecule is COc1cc(CCC(=O)OC2C(OC(C)=O)C3C(OC(C)=O)C(C)CC45C2CCCN4CCCC35)ccc1O. The van der Waals surface area contributed by atoms with E-state index in [1.807, 2.05) is 0 Å². The first-order chi connectivity index (χ1) is 18.6. The molecule has 2 saturated heterocycles. The molecule has 214 valence electrons. The zero-order valence-electron chi connectivity index (χ0n) is 23.4. The van der Waals surface area contributed by atoms with Crippen molar-refractivity contribution in [1.82, 2.24) is 4.90 Å². The van der Waals surface area contributed by atoms with Crippen molar-refractivity contribution >= 4 is 17.9 Å². The number of methoxy groups -OCH3 is 1. The Hall–Kier alpha value is -2.81. The summed E-state index contributed by atoms with van der Waals surface area (Å²) in [6.45, 7) is 6.96. The molecule has 5 rings (SSSR count). The number of hydrogen-bond donors (Lipinski definition) is 1. The average Bonchev–Trinajstić information content (AvgIpc) is 2.88. The van der Waals surface area contributed by atoms with Gasteiger partial charge in [-0.25, -0.2) is 0 Å². The summed E-state index contributed by atoms with van der Waals surface area (Å²) >= 11 is 0. The van der Waals surface area contributed by atoms with Crippen molar-refractivity contribution in [1.29, 1.82) is 0 Å². The van der Waals surface area contributed by atoms with Gasteiger partial charge < -0.3 is 24.1 Å². The van der Waals surface area contributed by atoms with Crippen LogP contribution in [-0.4, -0.2) is 72.0 Å². The lowest BCUT2D eigenvalue weighted by Gasteiger charge is -2.69. The zero-order chi connectivity index (χ0) is 27.9. The van der Waals surface area contributed by atoms with E-state index in [2.05, 4.69) is 11.8 Å². The third kappa shape index (κ3) is 4.98. The summed E-state index contributed by atoms with van der Waals surface area (Å²) in [6.07, 6.45) is 3.65. The number of nitrogens with zero attached hydrogens (tertiary/aromatic N) is 1. The third-order valence-electron chi connectivity index (χ3n) is 9.65. The zero-order valence-corrected chi connectivity index (χ0v) is 23.4. The molecule has 9 nitrogen and oxygen atoms in total. The Kier molecular flexibility index (Phi) is 7.82. The summed E-state index contributed by atoms with van der Waals surface area (Å²) in [5, 5.41) is 9.89. The number of aryl methyl sites for hydroxylation is 1. The second-order valence-electron chi connectivity index (χ2n) is 11.8. The Morgan fingerprint density at radius 1 is 0.974 bits per heavy atom. The summed E-state index contributed by atoms with van der Waals surface area (Å²) in [6, 6.07) is 5.02. The van der Waals surface area contributed by atoms with Crippen LogP contribution in [0.15, 0.2) is 18.2 Å². The van der Waals surface area contributed by atoms with Crippen molar-refractivity contribution in [3.05, 3.63) is 23.8 Å². The van der Waals surface area contributed by atoms with E-state index in [-0.39, 0.29) is 53.3 Å². The molecule has 2 aliphatic heterocycles. The number of aromatic hydroxyl groups is 1. The van der Waals surface area contributed by atoms with Crippen molar-refractivity contribution < 1.29 is 38.4 Å². The van der Waals surface area contributed by atoms with E-state index in [0.29, 0.717) is 12.2 Å². The molecule has 1 aromatic rings. The maximum absolute atomic E-state index is 13.4. The Labute approximate surface area is 230 Å². The van der Waals surface area contributed by atoms with Crippen molar-refractivity contribution in [3.63, 3.8) is 0 Å². The molecule has 4 aliphatic rings. The molecule has 2 heterocycles. The molecule has 4 fully saturated rings. The van der Waals surface area contributed by atoms with E-state index in [1.165, 1.54) is 21.0 Å². The van der Waals surface area contributed by atoms with Crippen LogP contribution >= 0.6 is 0 Å². The van der Waals surface area contributed by atoms with Gasteiger partial charge in [0.25, 0.3) is 0 Å². The van der Waals surface area contributed by atoms with Crippen molar-refractivity contribution in [2.24, 2.45) is 23.7 Å². The van der Waals surface area contributed by atoms with Crippen LogP contribution in [0.2, 0.25) is 0 Å². The predicted molar refractivity (Wildman–Crippen MR) is 141 cm³/mol. The Morgan fingerprint density at radius 3 is 2.31 bits per heavy atom. The summed E-state index contributed by atoms with van der Waals surface area (Å²) in [5.41, 5.74) is 0.681. The minimum atomic E-state index is -0.673. The summed E-state index contributed by atoms with van der Waals surface area (Å²) < 4.78 is 23.5. The van der Waals surface area contributed by atoms with E-state index in [4.69, 9.17) is 18.9 Å². The summed E-state index contributed by atoms with van der Waals surface area (Å²) in [7, 11) is 1.48. The quantitative estimate of drug-likeness (QED) is 0.407. The highest BCUT2D eigenvalue weighted by atomic mass is 16.6. The fourth-order valence-corrected chi connectivity index (χ4v) is 8.49. The second kappa shape index (κ2) is 11.0. The largest absolute Gasteiger partial charge is 0.504 e. The Balaban J connectivity index is 1.46. The minimum Gasteiger partial charge on any atom is -0.504 e. The van der Waals surface area contributed by atoms with Gasteiger partial charge in [-0.1, -0.05) is 13.0 Å². The maximum Gasteiger partial charge on any atom is 0.306 e. The number of piperidine rings is 2. The molecule has 1 spiro atoms. The minimum absolute atomic E-state index is 0.0376. The van der Waals surface area contributed by atoms with Crippen LogP contribution in [0.4, 0.5) is 0 Å². The maximum atomic E-state index is 13.4. The van der Waals surface area contributed by atoms with Gasteiger partial charge in [0.2, 0.25) is 0 Å². The number of rotatable bonds is 7. The molecule has 8 unspecified atom stereocenters. The fraction of sp³-hybridized carbons (Fsp3) is 0.700. The number of phenolic OH excluding ortho intramolecular Hbond substituents is 1. The molecule has 8 atom stereocenters. The molecular formula is C30H41NO8. The number of hydrogen-bond acceptors (Lipinski definition) is 9. The third-order valence-corrected chi connectivity index (χ3v) is 9.65. The normalized spacial score (nSPS) is 35.3. The molecule has 2 bridgehead atoms. The van der Waals surface area contributed by atoms with Gasteiger partial charge in [-0.3, -0.25) is 19.3 Å². The molecule has 0 amide bonds. The monoisotopic (exact) mass is 543 g/mol. The number of benzene rings is 1. The lowest BCUT2D eigenvalue weighted by molar-refractivity contribution is -0.272. The Bertz CT molecular complexity index is 1100. The van der Waals surface area contributed by atoms with Gasteiger partial charge in [0.1, 0.15) is 18.3 Å². The van der Waals surface area contributed by atoms with Gasteiger partial charge in [-0.05, 0) is 81.1 Å². The predicted octanol–water partition coefficient (Wildman–Crippen LogP) is 3.64. The lowest BCUT2D eigenvalue weighted by Crippen LogP contribution is -2.78. The highest BCUT2D eigenvalue weighted by Gasteiger charge is 2.70. The average molecular weight is 544 g/mol. The van der Waals surface area contributed by atoms with Gasteiger partial charge in [0.15, 0.2) is 11.5 Å². The molecule has 1 aromatic carbocycles. The standard InChI is InChI=1S/C30H41NO8/c1-17-16-30-21-7-5-13-31(30)14-6-8-22(30)28(29(38-19(3)33)26(21)27(17)37-18(2)32)39-25(35)12-10-20-9-11-23(34)24(15-20)36-4/h9,11,15,17,21-22,26-29,34H,5-8,10,12-14,16H2,1-4H3. The first kappa shape index (κ1) is 27.7. The van der Waals surface area contributed by atoms with Crippen LogP contribution in [-0.2, 0) is 35.0 Å². The molecule has 0 radical (unpaired) electrons. The van der Waals surface area contributed by atoms with Gasteiger partial charge >= 0.3 is 17.9 Å². The van der Waals surface area contributed by atoms with Gasteiger partial charge in [-0.15, -0.1) is 0 Å². The van der Waals surface area contributed by atoms with Gasteiger partial charge in [-0.2, -0.15) is 0 Å². The number of carbonyl (C=O) groups excluding carboxylic acids is 3. The number of carbonyl (C=O) groups is 3. The molecule has 2 saturated carbocycles. The second-order valence-corrected chi connectivity index (χ2v) is 11.8. The smallest absolute Gasteiger partial charge is 0.306 e. The van der Waals surface area contributed by atoms with Crippen LogP contribution in [0.25, 0.3) is 0 Å². The van der Waals surface area contributed by atoms with E-state index in [1.54, 1.807) is 18.2 Å². The fourth-order valence-electron chi connectivity index (χ4n) is 8.49.